The highest BCUT2D eigenvalue weighted by atomic mass is 127. The molecule has 0 spiro atoms. The Labute approximate surface area is 136 Å². The van der Waals surface area contributed by atoms with Crippen molar-refractivity contribution in [2.45, 2.75) is 0 Å². The molecule has 0 fully saturated rings. The van der Waals surface area contributed by atoms with Crippen LogP contribution in [0.2, 0.25) is 10.0 Å². The summed E-state index contributed by atoms with van der Waals surface area (Å²) in [6.45, 7) is 0. The van der Waals surface area contributed by atoms with Gasteiger partial charge in [-0.25, -0.2) is 4.79 Å². The molecule has 104 valence electrons. The van der Waals surface area contributed by atoms with E-state index >= 15 is 0 Å². The average molecular weight is 426 g/mol. The van der Waals surface area contributed by atoms with Gasteiger partial charge >= 0.3 is 5.97 Å². The number of carboxylic acid groups (broad SMARTS) is 1. The summed E-state index contributed by atoms with van der Waals surface area (Å²) in [5, 5.41) is 17.8. The Morgan fingerprint density at radius 1 is 1.30 bits per heavy atom. The van der Waals surface area contributed by atoms with E-state index < -0.39 is 11.9 Å². The Morgan fingerprint density at radius 2 is 2.00 bits per heavy atom. The number of hydrogen-bond donors (Lipinski definition) is 3. The fraction of sp³-hybridized carbons (Fsp3) is 0. The van der Waals surface area contributed by atoms with Crippen LogP contribution in [0.5, 0.6) is 0 Å². The van der Waals surface area contributed by atoms with Gasteiger partial charge in [-0.15, -0.1) is 0 Å². The number of halogens is 3. The molecule has 1 amide bonds. The van der Waals surface area contributed by atoms with Crippen molar-refractivity contribution in [2.24, 2.45) is 0 Å². The van der Waals surface area contributed by atoms with Crippen LogP contribution in [0.25, 0.3) is 0 Å². The van der Waals surface area contributed by atoms with E-state index in [0.29, 0.717) is 13.6 Å². The lowest BCUT2D eigenvalue weighted by molar-refractivity contribution is 0.0690. The maximum absolute atomic E-state index is 12.1. The molecule has 3 N–H and O–H groups in total. The Bertz CT molecular complexity index is 702. The van der Waals surface area contributed by atoms with Crippen molar-refractivity contribution in [1.82, 2.24) is 10.2 Å². The number of rotatable bonds is 3. The van der Waals surface area contributed by atoms with Gasteiger partial charge in [0.25, 0.3) is 5.91 Å². The molecule has 9 heteroatoms. The summed E-state index contributed by atoms with van der Waals surface area (Å²) in [4.78, 5) is 22.8. The largest absolute Gasteiger partial charge is 0.477 e. The molecule has 0 aliphatic carbocycles. The van der Waals surface area contributed by atoms with Crippen LogP contribution in [0.15, 0.2) is 18.2 Å². The van der Waals surface area contributed by atoms with E-state index in [4.69, 9.17) is 28.3 Å². The molecule has 0 aliphatic rings. The van der Waals surface area contributed by atoms with Gasteiger partial charge in [0.2, 0.25) is 0 Å². The lowest BCUT2D eigenvalue weighted by Gasteiger charge is -2.06. The molecular formula is C11H6Cl2IN3O3. The topological polar surface area (TPSA) is 95.1 Å². The highest BCUT2D eigenvalue weighted by Crippen LogP contribution is 2.27. The molecule has 2 rings (SSSR count). The van der Waals surface area contributed by atoms with E-state index in [1.54, 1.807) is 0 Å². The molecule has 0 radical (unpaired) electrons. The first-order valence-electron chi connectivity index (χ1n) is 5.13. The van der Waals surface area contributed by atoms with Crippen molar-refractivity contribution in [2.75, 3.05) is 5.32 Å². The number of amides is 1. The van der Waals surface area contributed by atoms with Crippen molar-refractivity contribution in [1.29, 1.82) is 0 Å². The minimum atomic E-state index is -1.17. The minimum absolute atomic E-state index is 0.0966. The molecule has 6 nitrogen and oxygen atoms in total. The predicted octanol–water partition coefficient (Wildman–Crippen LogP) is 3.27. The highest BCUT2D eigenvalue weighted by molar-refractivity contribution is 14.1. The smallest absolute Gasteiger partial charge is 0.353 e. The fourth-order valence-electron chi connectivity index (χ4n) is 1.40. The molecule has 20 heavy (non-hydrogen) atoms. The molecule has 1 aromatic heterocycles. The third-order valence-corrected chi connectivity index (χ3v) is 4.28. The molecule has 0 saturated carbocycles. The second-order valence-electron chi connectivity index (χ2n) is 3.68. The summed E-state index contributed by atoms with van der Waals surface area (Å²) in [6, 6.07) is 4.20. The zero-order valence-corrected chi connectivity index (χ0v) is 13.2. The molecule has 0 aliphatic heterocycles. The summed E-state index contributed by atoms with van der Waals surface area (Å²) in [7, 11) is 0. The number of anilines is 1. The second kappa shape index (κ2) is 5.98. The molecule has 0 saturated heterocycles. The maximum atomic E-state index is 12.1. The quantitative estimate of drug-likeness (QED) is 0.519. The molecular weight excluding hydrogens is 420 g/mol. The Morgan fingerprint density at radius 3 is 2.60 bits per heavy atom. The van der Waals surface area contributed by atoms with Crippen molar-refractivity contribution < 1.29 is 14.7 Å². The molecule has 0 atom stereocenters. The fourth-order valence-corrected chi connectivity index (χ4v) is 2.45. The van der Waals surface area contributed by atoms with Gasteiger partial charge in [-0.3, -0.25) is 9.89 Å². The zero-order valence-electron chi connectivity index (χ0n) is 9.58. The summed E-state index contributed by atoms with van der Waals surface area (Å²) in [5.41, 5.74) is 0.155. The van der Waals surface area contributed by atoms with Crippen LogP contribution in [-0.2, 0) is 0 Å². The third kappa shape index (κ3) is 3.22. The van der Waals surface area contributed by atoms with E-state index in [0.717, 1.165) is 0 Å². The Balaban J connectivity index is 2.26. The van der Waals surface area contributed by atoms with Gasteiger partial charge in [0.15, 0.2) is 5.82 Å². The van der Waals surface area contributed by atoms with Crippen LogP contribution < -0.4 is 5.32 Å². The lowest BCUT2D eigenvalue weighted by Crippen LogP contribution is -2.14. The van der Waals surface area contributed by atoms with Crippen molar-refractivity contribution >= 4 is 63.5 Å². The zero-order chi connectivity index (χ0) is 14.9. The van der Waals surface area contributed by atoms with Gasteiger partial charge in [-0.1, -0.05) is 23.2 Å². The number of carbonyl (C=O) groups excluding carboxylic acids is 1. The van der Waals surface area contributed by atoms with E-state index in [1.807, 2.05) is 22.6 Å². The SMILES string of the molecule is O=C(O)c1cc(NC(=O)c2cc(Cl)cc(Cl)c2I)n[nH]1. The number of nitrogens with one attached hydrogen (secondary N) is 2. The summed E-state index contributed by atoms with van der Waals surface area (Å²) >= 11 is 13.7. The first-order valence-corrected chi connectivity index (χ1v) is 6.96. The molecule has 1 heterocycles. The summed E-state index contributed by atoms with van der Waals surface area (Å²) in [6.07, 6.45) is 0. The number of nitrogens with zero attached hydrogens (tertiary/aromatic N) is 1. The standard InChI is InChI=1S/C11H6Cl2IN3O3/c12-4-1-5(9(14)6(13)2-4)10(18)15-8-3-7(11(19)20)16-17-8/h1-3H,(H,19,20)(H2,15,16,17,18). The number of carboxylic acids is 1. The maximum Gasteiger partial charge on any atom is 0.353 e. The van der Waals surface area contributed by atoms with Gasteiger partial charge in [0.05, 0.1) is 10.6 Å². The normalized spacial score (nSPS) is 10.3. The molecule has 2 aromatic rings. The number of H-pyrrole nitrogens is 1. The monoisotopic (exact) mass is 425 g/mol. The van der Waals surface area contributed by atoms with Crippen LogP contribution in [0.4, 0.5) is 5.82 Å². The number of aromatic nitrogens is 2. The second-order valence-corrected chi connectivity index (χ2v) is 5.60. The lowest BCUT2D eigenvalue weighted by atomic mass is 10.2. The van der Waals surface area contributed by atoms with Crippen LogP contribution >= 0.6 is 45.8 Å². The molecule has 1 aromatic carbocycles. The number of hydrogen-bond acceptors (Lipinski definition) is 3. The van der Waals surface area contributed by atoms with Crippen molar-refractivity contribution in [3.63, 3.8) is 0 Å². The Hall–Kier alpha value is -1.32. The first-order chi connectivity index (χ1) is 9.38. The minimum Gasteiger partial charge on any atom is -0.477 e. The highest BCUT2D eigenvalue weighted by Gasteiger charge is 2.16. The number of aromatic amines is 1. The van der Waals surface area contributed by atoms with Gasteiger partial charge in [-0.05, 0) is 34.7 Å². The average Bonchev–Trinajstić information content (AvgIpc) is 2.82. The third-order valence-electron chi connectivity index (χ3n) is 2.29. The predicted molar refractivity (Wildman–Crippen MR) is 82.7 cm³/mol. The first kappa shape index (κ1) is 15.1. The van der Waals surface area contributed by atoms with E-state index in [2.05, 4.69) is 15.5 Å². The summed E-state index contributed by atoms with van der Waals surface area (Å²) < 4.78 is 0.542. The summed E-state index contributed by atoms with van der Waals surface area (Å²) in [5.74, 6) is -1.56. The van der Waals surface area contributed by atoms with E-state index in [1.165, 1.54) is 18.2 Å². The number of benzene rings is 1. The van der Waals surface area contributed by atoms with Crippen LogP contribution in [0.3, 0.4) is 0 Å². The molecule has 0 unspecified atom stereocenters. The Kier molecular flexibility index (Phi) is 4.51. The van der Waals surface area contributed by atoms with Crippen LogP contribution in [0.1, 0.15) is 20.8 Å². The van der Waals surface area contributed by atoms with E-state index in [9.17, 15) is 9.59 Å². The van der Waals surface area contributed by atoms with Crippen molar-refractivity contribution in [3.05, 3.63) is 43.1 Å². The van der Waals surface area contributed by atoms with Gasteiger partial charge in [-0.2, -0.15) is 5.10 Å². The number of carbonyl (C=O) groups is 2. The molecule has 0 bridgehead atoms. The van der Waals surface area contributed by atoms with Gasteiger partial charge in [0.1, 0.15) is 5.69 Å². The van der Waals surface area contributed by atoms with E-state index in [-0.39, 0.29) is 17.1 Å². The van der Waals surface area contributed by atoms with Gasteiger partial charge in [0, 0.05) is 14.7 Å². The van der Waals surface area contributed by atoms with Crippen LogP contribution in [0, 0.1) is 3.57 Å². The van der Waals surface area contributed by atoms with Crippen LogP contribution in [-0.4, -0.2) is 27.2 Å². The van der Waals surface area contributed by atoms with Crippen molar-refractivity contribution in [3.8, 4) is 0 Å². The van der Waals surface area contributed by atoms with Gasteiger partial charge < -0.3 is 10.4 Å². The number of aromatic carboxylic acids is 1.